The van der Waals surface area contributed by atoms with Crippen molar-refractivity contribution in [2.24, 2.45) is 0 Å². The third-order valence-electron chi connectivity index (χ3n) is 4.76. The van der Waals surface area contributed by atoms with Crippen molar-refractivity contribution in [3.63, 3.8) is 0 Å². The maximum Gasteiger partial charge on any atom is 0.340 e. The number of amides is 2. The van der Waals surface area contributed by atoms with Crippen molar-refractivity contribution in [2.45, 2.75) is 19.8 Å². The molecule has 30 heavy (non-hydrogen) atoms. The number of esters is 2. The number of anilines is 2. The van der Waals surface area contributed by atoms with Crippen LogP contribution in [-0.4, -0.2) is 44.0 Å². The van der Waals surface area contributed by atoms with Gasteiger partial charge in [0.2, 0.25) is 5.91 Å². The quantitative estimate of drug-likeness (QED) is 0.735. The van der Waals surface area contributed by atoms with E-state index in [-0.39, 0.29) is 11.5 Å². The van der Waals surface area contributed by atoms with Gasteiger partial charge in [0.05, 0.1) is 23.9 Å². The molecule has 3 rings (SSSR count). The van der Waals surface area contributed by atoms with Gasteiger partial charge in [0.15, 0.2) is 6.61 Å². The van der Waals surface area contributed by atoms with Gasteiger partial charge in [-0.25, -0.2) is 9.59 Å². The minimum atomic E-state index is -0.694. The summed E-state index contributed by atoms with van der Waals surface area (Å²) < 4.78 is 9.83. The topological polar surface area (TPSA) is 102 Å². The van der Waals surface area contributed by atoms with E-state index < -0.39 is 24.5 Å². The number of methoxy groups -OCH3 is 1. The van der Waals surface area contributed by atoms with Crippen molar-refractivity contribution in [3.05, 3.63) is 59.2 Å². The first kappa shape index (κ1) is 21.0. The number of para-hydroxylation sites is 1. The van der Waals surface area contributed by atoms with Crippen LogP contribution in [0.3, 0.4) is 0 Å². The number of rotatable bonds is 6. The number of carbonyl (C=O) groups is 4. The Morgan fingerprint density at radius 2 is 1.87 bits per heavy atom. The molecule has 0 bridgehead atoms. The van der Waals surface area contributed by atoms with Gasteiger partial charge in [-0.05, 0) is 43.2 Å². The Morgan fingerprint density at radius 1 is 1.10 bits per heavy atom. The summed E-state index contributed by atoms with van der Waals surface area (Å²) in [6.07, 6.45) is 1.17. The molecule has 0 unspecified atom stereocenters. The summed E-state index contributed by atoms with van der Waals surface area (Å²) in [7, 11) is 1.27. The number of hydrogen-bond donors (Lipinski definition) is 1. The molecule has 0 radical (unpaired) electrons. The van der Waals surface area contributed by atoms with E-state index in [1.807, 2.05) is 0 Å². The van der Waals surface area contributed by atoms with Gasteiger partial charge < -0.3 is 19.7 Å². The molecule has 1 fully saturated rings. The zero-order chi connectivity index (χ0) is 21.7. The largest absolute Gasteiger partial charge is 0.465 e. The van der Waals surface area contributed by atoms with Crippen molar-refractivity contribution in [3.8, 4) is 0 Å². The van der Waals surface area contributed by atoms with Gasteiger partial charge in [0.25, 0.3) is 5.91 Å². The Bertz CT molecular complexity index is 1000. The Kier molecular flexibility index (Phi) is 6.46. The van der Waals surface area contributed by atoms with Crippen LogP contribution in [0, 0.1) is 6.92 Å². The lowest BCUT2D eigenvalue weighted by molar-refractivity contribution is -0.119. The molecule has 0 aromatic heterocycles. The predicted molar refractivity (Wildman–Crippen MR) is 109 cm³/mol. The monoisotopic (exact) mass is 410 g/mol. The summed E-state index contributed by atoms with van der Waals surface area (Å²) in [5.74, 6) is -1.82. The lowest BCUT2D eigenvalue weighted by Crippen LogP contribution is -2.27. The number of nitrogens with zero attached hydrogens (tertiary/aromatic N) is 1. The van der Waals surface area contributed by atoms with Crippen molar-refractivity contribution in [1.29, 1.82) is 0 Å². The normalized spacial score (nSPS) is 13.1. The van der Waals surface area contributed by atoms with Crippen LogP contribution in [0.1, 0.15) is 39.1 Å². The number of benzene rings is 2. The molecule has 1 aliphatic rings. The first-order valence-electron chi connectivity index (χ1n) is 9.46. The SMILES string of the molecule is COC(=O)c1ccc(C)c(NC(=O)COC(=O)c2ccccc2N2CCCC2=O)c1. The number of nitrogens with one attached hydrogen (secondary N) is 1. The lowest BCUT2D eigenvalue weighted by Gasteiger charge is -2.18. The third kappa shape index (κ3) is 4.65. The van der Waals surface area contributed by atoms with E-state index >= 15 is 0 Å². The highest BCUT2D eigenvalue weighted by molar-refractivity contribution is 6.04. The fourth-order valence-corrected chi connectivity index (χ4v) is 3.18. The molecule has 2 amide bonds. The molecule has 156 valence electrons. The molecule has 0 aliphatic carbocycles. The fraction of sp³-hybridized carbons (Fsp3) is 0.273. The van der Waals surface area contributed by atoms with E-state index in [1.54, 1.807) is 48.2 Å². The molecule has 0 atom stereocenters. The number of ether oxygens (including phenoxy) is 2. The molecule has 1 heterocycles. The maximum absolute atomic E-state index is 12.5. The van der Waals surface area contributed by atoms with Crippen molar-refractivity contribution < 1.29 is 28.7 Å². The summed E-state index contributed by atoms with van der Waals surface area (Å²) in [5, 5.41) is 2.62. The highest BCUT2D eigenvalue weighted by Gasteiger charge is 2.26. The molecule has 1 aliphatic heterocycles. The Morgan fingerprint density at radius 3 is 2.57 bits per heavy atom. The second kappa shape index (κ2) is 9.21. The van der Waals surface area contributed by atoms with E-state index in [1.165, 1.54) is 13.2 Å². The molecule has 8 nitrogen and oxygen atoms in total. The lowest BCUT2D eigenvalue weighted by atomic mass is 10.1. The number of hydrogen-bond acceptors (Lipinski definition) is 6. The molecule has 2 aromatic rings. The molecule has 0 saturated carbocycles. The minimum absolute atomic E-state index is 0.0473. The molecular weight excluding hydrogens is 388 g/mol. The highest BCUT2D eigenvalue weighted by atomic mass is 16.5. The first-order valence-corrected chi connectivity index (χ1v) is 9.46. The van der Waals surface area contributed by atoms with Gasteiger partial charge >= 0.3 is 11.9 Å². The van der Waals surface area contributed by atoms with Crippen LogP contribution in [0.4, 0.5) is 11.4 Å². The Balaban J connectivity index is 1.65. The van der Waals surface area contributed by atoms with E-state index in [2.05, 4.69) is 10.1 Å². The van der Waals surface area contributed by atoms with Crippen molar-refractivity contribution in [1.82, 2.24) is 0 Å². The summed E-state index contributed by atoms with van der Waals surface area (Å²) >= 11 is 0. The molecule has 8 heteroatoms. The van der Waals surface area contributed by atoms with Gasteiger partial charge in [-0.2, -0.15) is 0 Å². The van der Waals surface area contributed by atoms with E-state index in [9.17, 15) is 19.2 Å². The maximum atomic E-state index is 12.5. The summed E-state index contributed by atoms with van der Waals surface area (Å²) in [6, 6.07) is 11.4. The van der Waals surface area contributed by atoms with Crippen LogP contribution in [0.5, 0.6) is 0 Å². The van der Waals surface area contributed by atoms with E-state index in [4.69, 9.17) is 4.74 Å². The predicted octanol–water partition coefficient (Wildman–Crippen LogP) is 2.70. The smallest absolute Gasteiger partial charge is 0.340 e. The first-order chi connectivity index (χ1) is 14.4. The van der Waals surface area contributed by atoms with Gasteiger partial charge in [-0.15, -0.1) is 0 Å². The van der Waals surface area contributed by atoms with Gasteiger partial charge in [0.1, 0.15) is 0 Å². The number of aryl methyl sites for hydroxylation is 1. The number of carbonyl (C=O) groups excluding carboxylic acids is 4. The van der Waals surface area contributed by atoms with Crippen LogP contribution in [0.15, 0.2) is 42.5 Å². The molecule has 0 spiro atoms. The van der Waals surface area contributed by atoms with Crippen molar-refractivity contribution in [2.75, 3.05) is 30.5 Å². The van der Waals surface area contributed by atoms with Crippen LogP contribution >= 0.6 is 0 Å². The molecular formula is C22H22N2O6. The standard InChI is InChI=1S/C22H22N2O6/c1-14-9-10-15(21(27)29-2)12-17(14)23-19(25)13-30-22(28)16-6-3-4-7-18(16)24-11-5-8-20(24)26/h3-4,6-7,9-10,12H,5,8,11,13H2,1-2H3,(H,23,25). The second-order valence-electron chi connectivity index (χ2n) is 6.81. The molecule has 2 aromatic carbocycles. The summed E-state index contributed by atoms with van der Waals surface area (Å²) in [4.78, 5) is 50.1. The van der Waals surface area contributed by atoms with Gasteiger partial charge in [-0.3, -0.25) is 9.59 Å². The highest BCUT2D eigenvalue weighted by Crippen LogP contribution is 2.26. The third-order valence-corrected chi connectivity index (χ3v) is 4.76. The van der Waals surface area contributed by atoms with Crippen LogP contribution in [0.2, 0.25) is 0 Å². The Hall–Kier alpha value is -3.68. The van der Waals surface area contributed by atoms with Gasteiger partial charge in [0, 0.05) is 18.7 Å². The minimum Gasteiger partial charge on any atom is -0.465 e. The summed E-state index contributed by atoms with van der Waals surface area (Å²) in [6.45, 7) is 1.80. The van der Waals surface area contributed by atoms with E-state index in [0.29, 0.717) is 29.9 Å². The van der Waals surface area contributed by atoms with Crippen LogP contribution in [0.25, 0.3) is 0 Å². The van der Waals surface area contributed by atoms with E-state index in [0.717, 1.165) is 12.0 Å². The summed E-state index contributed by atoms with van der Waals surface area (Å²) in [5.41, 5.74) is 2.15. The zero-order valence-corrected chi connectivity index (χ0v) is 16.8. The van der Waals surface area contributed by atoms with Crippen molar-refractivity contribution >= 4 is 35.1 Å². The average Bonchev–Trinajstić information content (AvgIpc) is 3.18. The zero-order valence-electron chi connectivity index (χ0n) is 16.8. The Labute approximate surface area is 173 Å². The van der Waals surface area contributed by atoms with Gasteiger partial charge in [-0.1, -0.05) is 18.2 Å². The van der Waals surface area contributed by atoms with Crippen LogP contribution in [-0.2, 0) is 19.1 Å². The molecule has 1 N–H and O–H groups in total. The molecule has 1 saturated heterocycles. The average molecular weight is 410 g/mol. The van der Waals surface area contributed by atoms with Crippen LogP contribution < -0.4 is 10.2 Å². The fourth-order valence-electron chi connectivity index (χ4n) is 3.18. The second-order valence-corrected chi connectivity index (χ2v) is 6.81.